The van der Waals surface area contributed by atoms with E-state index in [0.29, 0.717) is 19.5 Å². The average molecular weight is 264 g/mol. The van der Waals surface area contributed by atoms with Crippen LogP contribution in [0.4, 0.5) is 5.69 Å². The average Bonchev–Trinajstić information content (AvgIpc) is 2.42. The van der Waals surface area contributed by atoms with Gasteiger partial charge in [-0.2, -0.15) is 0 Å². The van der Waals surface area contributed by atoms with Crippen LogP contribution in [-0.4, -0.2) is 36.8 Å². The van der Waals surface area contributed by atoms with E-state index in [1.807, 2.05) is 31.2 Å². The predicted octanol–water partition coefficient (Wildman–Crippen LogP) is 1.56. The summed E-state index contributed by atoms with van der Waals surface area (Å²) in [5.41, 5.74) is -0.100. The standard InChI is InChI=1S/C14H20N2O3/c1-10-9-15-8-7-14(10,13(17)18)16-11-3-5-12(19-2)6-4-11/h3-6,10,15-16H,7-9H2,1-2H3,(H,17,18). The largest absolute Gasteiger partial charge is 0.497 e. The zero-order valence-electron chi connectivity index (χ0n) is 11.3. The van der Waals surface area contributed by atoms with E-state index in [0.717, 1.165) is 11.4 Å². The molecule has 0 spiro atoms. The molecule has 0 saturated carbocycles. The van der Waals surface area contributed by atoms with Gasteiger partial charge < -0.3 is 20.5 Å². The first-order valence-electron chi connectivity index (χ1n) is 6.45. The molecule has 1 saturated heterocycles. The highest BCUT2D eigenvalue weighted by Crippen LogP contribution is 2.30. The lowest BCUT2D eigenvalue weighted by atomic mass is 9.79. The first-order chi connectivity index (χ1) is 9.08. The first-order valence-corrected chi connectivity index (χ1v) is 6.45. The molecule has 1 heterocycles. The van der Waals surface area contributed by atoms with Crippen molar-refractivity contribution in [2.75, 3.05) is 25.5 Å². The van der Waals surface area contributed by atoms with Crippen LogP contribution in [0.15, 0.2) is 24.3 Å². The number of benzene rings is 1. The van der Waals surface area contributed by atoms with E-state index in [9.17, 15) is 9.90 Å². The van der Waals surface area contributed by atoms with Crippen LogP contribution in [0, 0.1) is 5.92 Å². The third kappa shape index (κ3) is 2.66. The Labute approximate surface area is 113 Å². The number of rotatable bonds is 4. The lowest BCUT2D eigenvalue weighted by molar-refractivity contribution is -0.145. The van der Waals surface area contributed by atoms with Crippen LogP contribution >= 0.6 is 0 Å². The number of aliphatic carboxylic acids is 1. The Morgan fingerprint density at radius 3 is 2.68 bits per heavy atom. The Morgan fingerprint density at radius 1 is 1.47 bits per heavy atom. The van der Waals surface area contributed by atoms with Crippen molar-refractivity contribution in [1.82, 2.24) is 5.32 Å². The molecule has 2 unspecified atom stereocenters. The number of hydrogen-bond acceptors (Lipinski definition) is 4. The molecule has 1 fully saturated rings. The lowest BCUT2D eigenvalue weighted by Crippen LogP contribution is -2.59. The van der Waals surface area contributed by atoms with Gasteiger partial charge in [0.15, 0.2) is 0 Å². The molecular formula is C14H20N2O3. The van der Waals surface area contributed by atoms with Crippen molar-refractivity contribution in [2.24, 2.45) is 5.92 Å². The van der Waals surface area contributed by atoms with E-state index in [4.69, 9.17) is 4.74 Å². The molecule has 1 aromatic rings. The van der Waals surface area contributed by atoms with Gasteiger partial charge in [0.1, 0.15) is 11.3 Å². The quantitative estimate of drug-likeness (QED) is 0.770. The molecule has 19 heavy (non-hydrogen) atoms. The fourth-order valence-corrected chi connectivity index (χ4v) is 2.51. The molecule has 1 aliphatic heterocycles. The Bertz CT molecular complexity index is 447. The van der Waals surface area contributed by atoms with Gasteiger partial charge in [-0.15, -0.1) is 0 Å². The zero-order chi connectivity index (χ0) is 13.9. The maximum absolute atomic E-state index is 11.7. The van der Waals surface area contributed by atoms with Crippen LogP contribution in [0.2, 0.25) is 0 Å². The van der Waals surface area contributed by atoms with E-state index in [1.165, 1.54) is 0 Å². The van der Waals surface area contributed by atoms with Crippen LogP contribution in [0.25, 0.3) is 0 Å². The van der Waals surface area contributed by atoms with Gasteiger partial charge in [0.25, 0.3) is 0 Å². The summed E-state index contributed by atoms with van der Waals surface area (Å²) in [6.45, 7) is 3.37. The van der Waals surface area contributed by atoms with E-state index in [1.54, 1.807) is 7.11 Å². The van der Waals surface area contributed by atoms with Gasteiger partial charge in [-0.3, -0.25) is 0 Å². The van der Waals surface area contributed by atoms with Crippen molar-refractivity contribution < 1.29 is 14.6 Å². The third-order valence-corrected chi connectivity index (χ3v) is 3.83. The van der Waals surface area contributed by atoms with E-state index in [2.05, 4.69) is 10.6 Å². The zero-order valence-corrected chi connectivity index (χ0v) is 11.3. The minimum absolute atomic E-state index is 0.0147. The van der Waals surface area contributed by atoms with Crippen LogP contribution in [0.1, 0.15) is 13.3 Å². The number of carboxylic acids is 1. The highest BCUT2D eigenvalue weighted by atomic mass is 16.5. The van der Waals surface area contributed by atoms with Gasteiger partial charge in [-0.25, -0.2) is 4.79 Å². The van der Waals surface area contributed by atoms with Crippen LogP contribution in [0.5, 0.6) is 5.75 Å². The Balaban J connectivity index is 2.22. The minimum Gasteiger partial charge on any atom is -0.497 e. The molecule has 0 aromatic heterocycles. The van der Waals surface area contributed by atoms with Crippen molar-refractivity contribution in [3.8, 4) is 5.75 Å². The number of hydrogen-bond donors (Lipinski definition) is 3. The smallest absolute Gasteiger partial charge is 0.329 e. The maximum Gasteiger partial charge on any atom is 0.329 e. The van der Waals surface area contributed by atoms with Gasteiger partial charge in [0, 0.05) is 18.2 Å². The number of carbonyl (C=O) groups is 1. The molecular weight excluding hydrogens is 244 g/mol. The lowest BCUT2D eigenvalue weighted by Gasteiger charge is -2.40. The van der Waals surface area contributed by atoms with Gasteiger partial charge >= 0.3 is 5.97 Å². The fourth-order valence-electron chi connectivity index (χ4n) is 2.51. The summed E-state index contributed by atoms with van der Waals surface area (Å²) in [6, 6.07) is 7.34. The molecule has 0 aliphatic carbocycles. The number of anilines is 1. The van der Waals surface area contributed by atoms with Crippen molar-refractivity contribution in [3.63, 3.8) is 0 Å². The maximum atomic E-state index is 11.7. The molecule has 1 aromatic carbocycles. The van der Waals surface area contributed by atoms with Crippen molar-refractivity contribution >= 4 is 11.7 Å². The van der Waals surface area contributed by atoms with E-state index >= 15 is 0 Å². The second-order valence-corrected chi connectivity index (χ2v) is 4.99. The van der Waals surface area contributed by atoms with Crippen molar-refractivity contribution in [3.05, 3.63) is 24.3 Å². The summed E-state index contributed by atoms with van der Waals surface area (Å²) >= 11 is 0. The molecule has 1 aliphatic rings. The van der Waals surface area contributed by atoms with Gasteiger partial charge in [0.2, 0.25) is 0 Å². The predicted molar refractivity (Wildman–Crippen MR) is 73.6 cm³/mol. The molecule has 104 valence electrons. The summed E-state index contributed by atoms with van der Waals surface area (Å²) < 4.78 is 5.10. The van der Waals surface area contributed by atoms with Crippen molar-refractivity contribution in [1.29, 1.82) is 0 Å². The number of nitrogens with one attached hydrogen (secondary N) is 2. The molecule has 0 bridgehead atoms. The van der Waals surface area contributed by atoms with Crippen molar-refractivity contribution in [2.45, 2.75) is 18.9 Å². The Morgan fingerprint density at radius 2 is 2.16 bits per heavy atom. The number of ether oxygens (including phenoxy) is 1. The monoisotopic (exact) mass is 264 g/mol. The van der Waals surface area contributed by atoms with Gasteiger partial charge in [-0.1, -0.05) is 6.92 Å². The molecule has 2 rings (SSSR count). The van der Waals surface area contributed by atoms with E-state index in [-0.39, 0.29) is 5.92 Å². The summed E-state index contributed by atoms with van der Waals surface area (Å²) in [4.78, 5) is 11.7. The molecule has 3 N–H and O–H groups in total. The highest BCUT2D eigenvalue weighted by Gasteiger charge is 2.45. The first kappa shape index (κ1) is 13.7. The SMILES string of the molecule is COc1ccc(NC2(C(=O)O)CCNCC2C)cc1. The van der Waals surface area contributed by atoms with Crippen LogP contribution in [-0.2, 0) is 4.79 Å². The third-order valence-electron chi connectivity index (χ3n) is 3.83. The summed E-state index contributed by atoms with van der Waals surface area (Å²) in [7, 11) is 1.61. The molecule has 0 amide bonds. The minimum atomic E-state index is -0.903. The normalized spacial score (nSPS) is 26.7. The molecule has 5 nitrogen and oxygen atoms in total. The summed E-state index contributed by atoms with van der Waals surface area (Å²) in [5.74, 6) is -0.0218. The molecule has 0 radical (unpaired) electrons. The van der Waals surface area contributed by atoms with Gasteiger partial charge in [-0.05, 0) is 37.2 Å². The van der Waals surface area contributed by atoms with E-state index < -0.39 is 11.5 Å². The molecule has 5 heteroatoms. The summed E-state index contributed by atoms with van der Waals surface area (Å²) in [5, 5.41) is 16.0. The number of methoxy groups -OCH3 is 1. The topological polar surface area (TPSA) is 70.6 Å². The molecule has 2 atom stereocenters. The second kappa shape index (κ2) is 5.48. The number of carboxylic acid groups (broad SMARTS) is 1. The second-order valence-electron chi connectivity index (χ2n) is 4.99. The fraction of sp³-hybridized carbons (Fsp3) is 0.500. The highest BCUT2D eigenvalue weighted by molar-refractivity contribution is 5.83. The number of piperidine rings is 1. The van der Waals surface area contributed by atoms with Crippen LogP contribution < -0.4 is 15.4 Å². The Kier molecular flexibility index (Phi) is 3.95. The van der Waals surface area contributed by atoms with Crippen LogP contribution in [0.3, 0.4) is 0 Å². The summed E-state index contributed by atoms with van der Waals surface area (Å²) in [6.07, 6.45) is 0.565. The Hall–Kier alpha value is -1.75. The van der Waals surface area contributed by atoms with Gasteiger partial charge in [0.05, 0.1) is 7.11 Å².